The normalized spacial score (nSPS) is 26.8. The Kier molecular flexibility index (Phi) is 10.4. The molecule has 3 aliphatic rings. The number of piperidine rings is 1. The van der Waals surface area contributed by atoms with Crippen LogP contribution in [0.4, 0.5) is 0 Å². The van der Waals surface area contributed by atoms with E-state index in [1.165, 1.54) is 12.8 Å². The second kappa shape index (κ2) is 11.4. The molecule has 0 aromatic rings. The van der Waals surface area contributed by atoms with Crippen LogP contribution < -0.4 is 5.32 Å². The smallest absolute Gasteiger partial charge is 0.227 e. The molecule has 0 radical (unpaired) electrons. The average molecular weight is 423 g/mol. The van der Waals surface area contributed by atoms with Gasteiger partial charge in [0.05, 0.1) is 5.92 Å². The van der Waals surface area contributed by atoms with E-state index in [2.05, 4.69) is 17.1 Å². The van der Waals surface area contributed by atoms with Gasteiger partial charge in [0.2, 0.25) is 11.8 Å². The molecule has 0 aromatic carbocycles. The van der Waals surface area contributed by atoms with E-state index in [4.69, 9.17) is 0 Å². The van der Waals surface area contributed by atoms with Crippen molar-refractivity contribution in [1.82, 2.24) is 20.0 Å². The number of carbonyl (C=O) groups is 2. The number of likely N-dealkylation sites (tertiary alicyclic amines) is 3. The van der Waals surface area contributed by atoms with Crippen LogP contribution >= 0.6 is 24.8 Å². The molecule has 3 rings (SSSR count). The van der Waals surface area contributed by atoms with Crippen molar-refractivity contribution in [2.24, 2.45) is 11.8 Å². The fourth-order valence-electron chi connectivity index (χ4n) is 4.79. The van der Waals surface area contributed by atoms with Crippen molar-refractivity contribution in [3.63, 3.8) is 0 Å². The minimum Gasteiger partial charge on any atom is -0.342 e. The Labute approximate surface area is 176 Å². The van der Waals surface area contributed by atoms with Crippen molar-refractivity contribution in [3.05, 3.63) is 0 Å². The molecular weight excluding hydrogens is 387 g/mol. The highest BCUT2D eigenvalue weighted by atomic mass is 35.5. The number of rotatable bonds is 6. The number of hydrogen-bond acceptors (Lipinski definition) is 4. The van der Waals surface area contributed by atoms with Crippen LogP contribution in [0, 0.1) is 11.8 Å². The summed E-state index contributed by atoms with van der Waals surface area (Å²) in [5.74, 6) is 0.937. The molecule has 0 spiro atoms. The average Bonchev–Trinajstić information content (AvgIpc) is 3.22. The third kappa shape index (κ3) is 5.96. The Hall–Kier alpha value is -0.560. The highest BCUT2D eigenvalue weighted by Crippen LogP contribution is 2.26. The van der Waals surface area contributed by atoms with E-state index in [9.17, 15) is 9.59 Å². The third-order valence-corrected chi connectivity index (χ3v) is 6.32. The molecule has 158 valence electrons. The Morgan fingerprint density at radius 3 is 2.48 bits per heavy atom. The summed E-state index contributed by atoms with van der Waals surface area (Å²) < 4.78 is 0. The summed E-state index contributed by atoms with van der Waals surface area (Å²) >= 11 is 0. The molecule has 0 aromatic heterocycles. The molecule has 2 unspecified atom stereocenters. The van der Waals surface area contributed by atoms with Gasteiger partial charge in [0, 0.05) is 38.6 Å². The zero-order valence-corrected chi connectivity index (χ0v) is 18.3. The molecule has 0 aliphatic carbocycles. The zero-order chi connectivity index (χ0) is 17.8. The first kappa shape index (κ1) is 24.5. The van der Waals surface area contributed by atoms with Gasteiger partial charge in [-0.2, -0.15) is 0 Å². The largest absolute Gasteiger partial charge is 0.342 e. The van der Waals surface area contributed by atoms with Crippen LogP contribution in [0.1, 0.15) is 39.0 Å². The molecule has 3 fully saturated rings. The van der Waals surface area contributed by atoms with E-state index >= 15 is 0 Å². The number of hydrogen-bond donors (Lipinski definition) is 1. The third-order valence-electron chi connectivity index (χ3n) is 6.32. The summed E-state index contributed by atoms with van der Waals surface area (Å²) in [6.07, 6.45) is 4.96. The molecule has 0 bridgehead atoms. The molecule has 6 nitrogen and oxygen atoms in total. The minimum absolute atomic E-state index is 0. The predicted molar refractivity (Wildman–Crippen MR) is 113 cm³/mol. The molecule has 27 heavy (non-hydrogen) atoms. The van der Waals surface area contributed by atoms with Crippen LogP contribution in [0.2, 0.25) is 0 Å². The van der Waals surface area contributed by atoms with Gasteiger partial charge in [0.1, 0.15) is 0 Å². The summed E-state index contributed by atoms with van der Waals surface area (Å²) in [5, 5.41) is 3.23. The highest BCUT2D eigenvalue weighted by molar-refractivity contribution is 5.89. The SMILES string of the molecule is CCN1CCCC1CN1CC(C(=O)N2CCC(CNC)CC2)CC1=O.Cl.Cl. The van der Waals surface area contributed by atoms with Crippen LogP contribution in [-0.2, 0) is 9.59 Å². The van der Waals surface area contributed by atoms with Gasteiger partial charge in [-0.25, -0.2) is 0 Å². The fourth-order valence-corrected chi connectivity index (χ4v) is 4.79. The van der Waals surface area contributed by atoms with Crippen molar-refractivity contribution >= 4 is 36.6 Å². The van der Waals surface area contributed by atoms with Gasteiger partial charge in [-0.3, -0.25) is 14.5 Å². The Bertz CT molecular complexity index is 486. The summed E-state index contributed by atoms with van der Waals surface area (Å²) in [4.78, 5) is 31.7. The van der Waals surface area contributed by atoms with Gasteiger partial charge in [-0.15, -0.1) is 24.8 Å². The van der Waals surface area contributed by atoms with Crippen LogP contribution in [-0.4, -0.2) is 85.4 Å². The monoisotopic (exact) mass is 422 g/mol. The second-order valence-electron chi connectivity index (χ2n) is 7.95. The van der Waals surface area contributed by atoms with E-state index in [0.29, 0.717) is 24.9 Å². The van der Waals surface area contributed by atoms with Crippen molar-refractivity contribution in [1.29, 1.82) is 0 Å². The number of halogens is 2. The van der Waals surface area contributed by atoms with Crippen molar-refractivity contribution in [3.8, 4) is 0 Å². The second-order valence-corrected chi connectivity index (χ2v) is 7.95. The van der Waals surface area contributed by atoms with Crippen LogP contribution in [0.25, 0.3) is 0 Å². The number of nitrogens with one attached hydrogen (secondary N) is 1. The molecule has 0 saturated carbocycles. The number of nitrogens with zero attached hydrogens (tertiary/aromatic N) is 3. The highest BCUT2D eigenvalue weighted by Gasteiger charge is 2.39. The fraction of sp³-hybridized carbons (Fsp3) is 0.895. The maximum Gasteiger partial charge on any atom is 0.227 e. The molecule has 1 N–H and O–H groups in total. The van der Waals surface area contributed by atoms with E-state index in [1.807, 2.05) is 16.8 Å². The van der Waals surface area contributed by atoms with Gasteiger partial charge in [0.15, 0.2) is 0 Å². The maximum absolute atomic E-state index is 12.8. The lowest BCUT2D eigenvalue weighted by Crippen LogP contribution is -2.44. The van der Waals surface area contributed by atoms with Gasteiger partial charge in [-0.05, 0) is 58.3 Å². The molecule has 3 aliphatic heterocycles. The standard InChI is InChI=1S/C19H34N4O2.2ClH/c1-3-21-8-4-5-17(21)14-23-13-16(11-18(23)24)19(25)22-9-6-15(7-10-22)12-20-2;;/h15-17,20H,3-14H2,1-2H3;2*1H. The Morgan fingerprint density at radius 2 is 1.85 bits per heavy atom. The van der Waals surface area contributed by atoms with Crippen molar-refractivity contribution in [2.75, 3.05) is 52.9 Å². The van der Waals surface area contributed by atoms with Crippen molar-refractivity contribution in [2.45, 2.75) is 45.1 Å². The first-order valence-electron chi connectivity index (χ1n) is 10.1. The van der Waals surface area contributed by atoms with Gasteiger partial charge >= 0.3 is 0 Å². The van der Waals surface area contributed by atoms with Gasteiger partial charge in [-0.1, -0.05) is 6.92 Å². The molecule has 2 amide bonds. The summed E-state index contributed by atoms with van der Waals surface area (Å²) in [6, 6.07) is 0.486. The maximum atomic E-state index is 12.8. The molecular formula is C19H36Cl2N4O2. The van der Waals surface area contributed by atoms with Crippen LogP contribution in [0.15, 0.2) is 0 Å². The van der Waals surface area contributed by atoms with E-state index < -0.39 is 0 Å². The van der Waals surface area contributed by atoms with Crippen LogP contribution in [0.3, 0.4) is 0 Å². The summed E-state index contributed by atoms with van der Waals surface area (Å²) in [7, 11) is 1.99. The lowest BCUT2D eigenvalue weighted by molar-refractivity contribution is -0.137. The topological polar surface area (TPSA) is 55.9 Å². The first-order chi connectivity index (χ1) is 12.1. The molecule has 3 saturated heterocycles. The lowest BCUT2D eigenvalue weighted by atomic mass is 9.95. The first-order valence-corrected chi connectivity index (χ1v) is 10.1. The van der Waals surface area contributed by atoms with Crippen molar-refractivity contribution < 1.29 is 9.59 Å². The predicted octanol–water partition coefficient (Wildman–Crippen LogP) is 1.62. The quantitative estimate of drug-likeness (QED) is 0.706. The Morgan fingerprint density at radius 1 is 1.15 bits per heavy atom. The number of carbonyl (C=O) groups excluding carboxylic acids is 2. The molecule has 3 heterocycles. The van der Waals surface area contributed by atoms with E-state index in [0.717, 1.165) is 52.1 Å². The summed E-state index contributed by atoms with van der Waals surface area (Å²) in [5.41, 5.74) is 0. The van der Waals surface area contributed by atoms with E-state index in [-0.39, 0.29) is 42.5 Å². The van der Waals surface area contributed by atoms with Gasteiger partial charge in [0.25, 0.3) is 0 Å². The minimum atomic E-state index is -0.121. The summed E-state index contributed by atoms with van der Waals surface area (Å²) in [6.45, 7) is 8.55. The number of amides is 2. The molecule has 2 atom stereocenters. The number of likely N-dealkylation sites (N-methyl/N-ethyl adjacent to an activating group) is 1. The van der Waals surface area contributed by atoms with E-state index in [1.54, 1.807) is 0 Å². The molecule has 8 heteroatoms. The lowest BCUT2D eigenvalue weighted by Gasteiger charge is -2.33. The zero-order valence-electron chi connectivity index (χ0n) is 16.7. The Balaban J connectivity index is 0.00000182. The van der Waals surface area contributed by atoms with Crippen LogP contribution in [0.5, 0.6) is 0 Å². The van der Waals surface area contributed by atoms with Gasteiger partial charge < -0.3 is 15.1 Å².